The van der Waals surface area contributed by atoms with E-state index in [4.69, 9.17) is 5.73 Å². The second-order valence-electron chi connectivity index (χ2n) is 3.21. The third-order valence-corrected chi connectivity index (χ3v) is 3.48. The molecule has 0 aliphatic rings. The summed E-state index contributed by atoms with van der Waals surface area (Å²) in [5, 5.41) is 0. The van der Waals surface area contributed by atoms with Crippen LogP contribution in [0.4, 0.5) is 5.69 Å². The van der Waals surface area contributed by atoms with Crippen LogP contribution in [0.3, 0.4) is 0 Å². The van der Waals surface area contributed by atoms with E-state index in [9.17, 15) is 13.2 Å². The predicted molar refractivity (Wildman–Crippen MR) is 65.5 cm³/mol. The Morgan fingerprint density at radius 1 is 1.38 bits per heavy atom. The van der Waals surface area contributed by atoms with E-state index in [0.717, 1.165) is 15.0 Å². The van der Waals surface area contributed by atoms with Crippen molar-refractivity contribution >= 4 is 37.5 Å². The van der Waals surface area contributed by atoms with Crippen LogP contribution < -0.4 is 10.0 Å². The lowest BCUT2D eigenvalue weighted by atomic mass is 10.3. The molecule has 1 amide bonds. The minimum absolute atomic E-state index is 0.361. The fraction of sp³-hybridized carbons (Fsp3) is 0.222. The molecule has 0 bridgehead atoms. The molecule has 2 N–H and O–H groups in total. The number of primary amides is 1. The van der Waals surface area contributed by atoms with Crippen molar-refractivity contribution in [2.24, 2.45) is 5.73 Å². The number of carbonyl (C=O) groups is 1. The van der Waals surface area contributed by atoms with Crippen LogP contribution in [0.15, 0.2) is 28.7 Å². The molecule has 7 heteroatoms. The third-order valence-electron chi connectivity index (χ3n) is 1.81. The molecule has 0 saturated carbocycles. The molecule has 0 fully saturated rings. The molecular formula is C9H11BrN2O3S. The fourth-order valence-electron chi connectivity index (χ4n) is 1.15. The molecule has 0 radical (unpaired) electrons. The zero-order valence-electron chi connectivity index (χ0n) is 8.55. The second-order valence-corrected chi connectivity index (χ2v) is 6.03. The average Bonchev–Trinajstić information content (AvgIpc) is 2.14. The molecule has 0 aromatic heterocycles. The minimum atomic E-state index is -3.51. The first-order chi connectivity index (χ1) is 7.30. The first kappa shape index (κ1) is 13.0. The molecule has 88 valence electrons. The molecule has 0 heterocycles. The van der Waals surface area contributed by atoms with Crippen molar-refractivity contribution in [1.82, 2.24) is 0 Å². The molecule has 0 aliphatic heterocycles. The lowest BCUT2D eigenvalue weighted by Gasteiger charge is -2.20. The molecule has 0 unspecified atom stereocenters. The summed E-state index contributed by atoms with van der Waals surface area (Å²) in [5.74, 6) is -0.701. The van der Waals surface area contributed by atoms with Crippen LogP contribution in [-0.2, 0) is 14.8 Å². The maximum absolute atomic E-state index is 11.5. The number of halogens is 1. The number of rotatable bonds is 4. The minimum Gasteiger partial charge on any atom is -0.368 e. The standard InChI is InChI=1S/C9H11BrN2O3S/c1-16(14,15)12(6-9(11)13)8-4-2-7(10)3-5-8/h2-5H,6H2,1H3,(H2,11,13). The molecule has 5 nitrogen and oxygen atoms in total. The summed E-state index contributed by atoms with van der Waals surface area (Å²) in [5.41, 5.74) is 5.41. The van der Waals surface area contributed by atoms with Crippen LogP contribution in [0, 0.1) is 0 Å². The van der Waals surface area contributed by atoms with Gasteiger partial charge in [-0.15, -0.1) is 0 Å². The van der Waals surface area contributed by atoms with E-state index in [-0.39, 0.29) is 6.54 Å². The summed E-state index contributed by atoms with van der Waals surface area (Å²) in [6.07, 6.45) is 1.03. The number of hydrogen-bond donors (Lipinski definition) is 1. The maximum atomic E-state index is 11.5. The van der Waals surface area contributed by atoms with E-state index < -0.39 is 15.9 Å². The number of anilines is 1. The number of nitrogens with two attached hydrogens (primary N) is 1. The van der Waals surface area contributed by atoms with Crippen molar-refractivity contribution < 1.29 is 13.2 Å². The Bertz CT molecular complexity index is 484. The summed E-state index contributed by atoms with van der Waals surface area (Å²) in [7, 11) is -3.51. The number of nitrogens with zero attached hydrogens (tertiary/aromatic N) is 1. The summed E-state index contributed by atoms with van der Waals surface area (Å²) in [6.45, 7) is -0.361. The van der Waals surface area contributed by atoms with E-state index >= 15 is 0 Å². The number of hydrogen-bond acceptors (Lipinski definition) is 3. The van der Waals surface area contributed by atoms with Gasteiger partial charge in [-0.25, -0.2) is 8.42 Å². The molecule has 0 aliphatic carbocycles. The number of benzene rings is 1. The van der Waals surface area contributed by atoms with Gasteiger partial charge in [0.2, 0.25) is 15.9 Å². The lowest BCUT2D eigenvalue weighted by molar-refractivity contribution is -0.116. The lowest BCUT2D eigenvalue weighted by Crippen LogP contribution is -2.37. The highest BCUT2D eigenvalue weighted by Crippen LogP contribution is 2.20. The van der Waals surface area contributed by atoms with Crippen molar-refractivity contribution in [3.05, 3.63) is 28.7 Å². The van der Waals surface area contributed by atoms with Gasteiger partial charge in [0, 0.05) is 4.47 Å². The first-order valence-electron chi connectivity index (χ1n) is 4.32. The quantitative estimate of drug-likeness (QED) is 0.889. The molecule has 1 aromatic carbocycles. The summed E-state index contributed by atoms with van der Waals surface area (Å²) in [4.78, 5) is 10.8. The summed E-state index contributed by atoms with van der Waals surface area (Å²) < 4.78 is 24.7. The number of amides is 1. The van der Waals surface area contributed by atoms with Crippen molar-refractivity contribution in [3.63, 3.8) is 0 Å². The van der Waals surface area contributed by atoms with Crippen molar-refractivity contribution in [2.45, 2.75) is 0 Å². The smallest absolute Gasteiger partial charge is 0.238 e. The van der Waals surface area contributed by atoms with Gasteiger partial charge in [0.15, 0.2) is 0 Å². The Kier molecular flexibility index (Phi) is 3.93. The normalized spacial score (nSPS) is 11.1. The van der Waals surface area contributed by atoms with Crippen molar-refractivity contribution in [2.75, 3.05) is 17.1 Å². The summed E-state index contributed by atoms with van der Waals surface area (Å²) in [6, 6.07) is 6.56. The molecule has 0 atom stereocenters. The Morgan fingerprint density at radius 3 is 2.25 bits per heavy atom. The van der Waals surface area contributed by atoms with Crippen molar-refractivity contribution in [3.8, 4) is 0 Å². The van der Waals surface area contributed by atoms with Crippen LogP contribution in [-0.4, -0.2) is 27.1 Å². The number of sulfonamides is 1. The fourth-order valence-corrected chi connectivity index (χ4v) is 2.28. The number of carbonyl (C=O) groups excluding carboxylic acids is 1. The molecule has 16 heavy (non-hydrogen) atoms. The van der Waals surface area contributed by atoms with Crippen LogP contribution >= 0.6 is 15.9 Å². The molecule has 1 rings (SSSR count). The Labute approximate surface area is 102 Å². The van der Waals surface area contributed by atoms with Gasteiger partial charge in [0.05, 0.1) is 11.9 Å². The van der Waals surface area contributed by atoms with Gasteiger partial charge in [0.1, 0.15) is 6.54 Å². The van der Waals surface area contributed by atoms with Crippen LogP contribution in [0.2, 0.25) is 0 Å². The van der Waals surface area contributed by atoms with Gasteiger partial charge in [-0.3, -0.25) is 9.10 Å². The van der Waals surface area contributed by atoms with Crippen LogP contribution in [0.25, 0.3) is 0 Å². The monoisotopic (exact) mass is 306 g/mol. The molecule has 0 saturated heterocycles. The highest BCUT2D eigenvalue weighted by molar-refractivity contribution is 9.10. The van der Waals surface area contributed by atoms with Gasteiger partial charge in [-0.1, -0.05) is 15.9 Å². The maximum Gasteiger partial charge on any atom is 0.238 e. The highest BCUT2D eigenvalue weighted by atomic mass is 79.9. The SMILES string of the molecule is CS(=O)(=O)N(CC(N)=O)c1ccc(Br)cc1. The predicted octanol–water partition coefficient (Wildman–Crippen LogP) is 0.700. The zero-order valence-corrected chi connectivity index (χ0v) is 11.0. The van der Waals surface area contributed by atoms with Crippen LogP contribution in [0.5, 0.6) is 0 Å². The first-order valence-corrected chi connectivity index (χ1v) is 6.96. The Hall–Kier alpha value is -1.08. The molecular weight excluding hydrogens is 296 g/mol. The molecule has 1 aromatic rings. The van der Waals surface area contributed by atoms with E-state index in [1.807, 2.05) is 0 Å². The van der Waals surface area contributed by atoms with Gasteiger partial charge in [-0.05, 0) is 24.3 Å². The average molecular weight is 307 g/mol. The van der Waals surface area contributed by atoms with Gasteiger partial charge < -0.3 is 5.73 Å². The Morgan fingerprint density at radius 2 is 1.88 bits per heavy atom. The van der Waals surface area contributed by atoms with Gasteiger partial charge in [0.25, 0.3) is 0 Å². The summed E-state index contributed by atoms with van der Waals surface area (Å²) >= 11 is 3.24. The second kappa shape index (κ2) is 4.84. The zero-order chi connectivity index (χ0) is 12.3. The largest absolute Gasteiger partial charge is 0.368 e. The topological polar surface area (TPSA) is 80.5 Å². The van der Waals surface area contributed by atoms with Crippen LogP contribution in [0.1, 0.15) is 0 Å². The van der Waals surface area contributed by atoms with E-state index in [1.165, 1.54) is 0 Å². The van der Waals surface area contributed by atoms with Gasteiger partial charge >= 0.3 is 0 Å². The van der Waals surface area contributed by atoms with E-state index in [0.29, 0.717) is 5.69 Å². The van der Waals surface area contributed by atoms with Crippen molar-refractivity contribution in [1.29, 1.82) is 0 Å². The van der Waals surface area contributed by atoms with E-state index in [1.54, 1.807) is 24.3 Å². The third kappa shape index (κ3) is 3.49. The highest BCUT2D eigenvalue weighted by Gasteiger charge is 2.19. The Balaban J connectivity index is 3.11. The van der Waals surface area contributed by atoms with E-state index in [2.05, 4.69) is 15.9 Å². The molecule has 0 spiro atoms. The van der Waals surface area contributed by atoms with Gasteiger partial charge in [-0.2, -0.15) is 0 Å².